The number of anilines is 1. The van der Waals surface area contributed by atoms with E-state index in [9.17, 15) is 19.2 Å². The van der Waals surface area contributed by atoms with Gasteiger partial charge in [0.15, 0.2) is 0 Å². The molecule has 1 fully saturated rings. The summed E-state index contributed by atoms with van der Waals surface area (Å²) in [4.78, 5) is 59.5. The van der Waals surface area contributed by atoms with E-state index in [-0.39, 0.29) is 17.9 Å². The maximum atomic E-state index is 13.4. The molecule has 46 heavy (non-hydrogen) atoms. The van der Waals surface area contributed by atoms with Gasteiger partial charge in [-0.15, -0.1) is 0 Å². The highest BCUT2D eigenvalue weighted by Gasteiger charge is 2.28. The molecule has 3 amide bonds. The lowest BCUT2D eigenvalue weighted by Crippen LogP contribution is -2.51. The molecule has 0 bridgehead atoms. The van der Waals surface area contributed by atoms with E-state index in [1.54, 1.807) is 73.3 Å². The molecule has 11 nitrogen and oxygen atoms in total. The molecule has 0 spiro atoms. The van der Waals surface area contributed by atoms with Gasteiger partial charge in [0.1, 0.15) is 11.2 Å². The monoisotopic (exact) mass is 625 g/mol. The Morgan fingerprint density at radius 1 is 0.717 bits per heavy atom. The predicted octanol–water partition coefficient (Wildman–Crippen LogP) is 6.43. The first kappa shape index (κ1) is 32.2. The van der Waals surface area contributed by atoms with Crippen molar-refractivity contribution in [3.8, 4) is 11.1 Å². The lowest BCUT2D eigenvalue weighted by molar-refractivity contribution is 0.0140. The van der Waals surface area contributed by atoms with E-state index in [2.05, 4.69) is 10.3 Å². The van der Waals surface area contributed by atoms with Gasteiger partial charge in [-0.25, -0.2) is 9.59 Å². The molecule has 240 valence electrons. The van der Waals surface area contributed by atoms with Crippen molar-refractivity contribution >= 4 is 40.6 Å². The van der Waals surface area contributed by atoms with Crippen LogP contribution in [0.15, 0.2) is 73.2 Å². The minimum atomic E-state index is -0.724. The molecule has 1 N–H and O–H groups in total. The van der Waals surface area contributed by atoms with Crippen LogP contribution < -0.4 is 5.32 Å². The number of benzene rings is 2. The second kappa shape index (κ2) is 12.7. The number of rotatable bonds is 4. The molecule has 0 aliphatic carbocycles. The molecule has 4 aromatic rings. The zero-order valence-corrected chi connectivity index (χ0v) is 27.0. The summed E-state index contributed by atoms with van der Waals surface area (Å²) in [7, 11) is 0. The van der Waals surface area contributed by atoms with E-state index >= 15 is 0 Å². The number of ether oxygens (including phenoxy) is 2. The van der Waals surface area contributed by atoms with Crippen LogP contribution in [-0.4, -0.2) is 80.7 Å². The van der Waals surface area contributed by atoms with Gasteiger partial charge in [0.25, 0.3) is 11.8 Å². The van der Waals surface area contributed by atoms with Crippen LogP contribution in [0, 0.1) is 0 Å². The van der Waals surface area contributed by atoms with Gasteiger partial charge >= 0.3 is 12.2 Å². The molecule has 0 radical (unpaired) electrons. The van der Waals surface area contributed by atoms with E-state index in [4.69, 9.17) is 9.47 Å². The summed E-state index contributed by atoms with van der Waals surface area (Å²) in [5, 5.41) is 3.43. The lowest BCUT2D eigenvalue weighted by Gasteiger charge is -2.35. The van der Waals surface area contributed by atoms with Crippen molar-refractivity contribution in [2.75, 3.05) is 31.5 Å². The highest BCUT2D eigenvalue weighted by atomic mass is 16.6. The standard InChI is InChI=1S/C35H39N5O6/c1-34(2,3)45-32(43)39-19-17-38(18-20-39)31(42)24-9-7-23(8-10-24)25-11-12-29-27(21-25)28(22-40(29)33(44)46-35(4,5)6)30(41)37-26-13-15-36-16-14-26/h7-16,21-22H,17-20H2,1-6H3,(H,36,37,41). The summed E-state index contributed by atoms with van der Waals surface area (Å²) in [6.07, 6.45) is 3.68. The number of hydrogen-bond donors (Lipinski definition) is 1. The van der Waals surface area contributed by atoms with Crippen molar-refractivity contribution in [1.29, 1.82) is 0 Å². The minimum Gasteiger partial charge on any atom is -0.444 e. The molecule has 1 saturated heterocycles. The van der Waals surface area contributed by atoms with Crippen molar-refractivity contribution in [2.24, 2.45) is 0 Å². The van der Waals surface area contributed by atoms with Crippen LogP contribution in [0.3, 0.4) is 0 Å². The Morgan fingerprint density at radius 2 is 1.28 bits per heavy atom. The smallest absolute Gasteiger partial charge is 0.419 e. The van der Waals surface area contributed by atoms with Crippen LogP contribution in [0.4, 0.5) is 15.3 Å². The predicted molar refractivity (Wildman–Crippen MR) is 175 cm³/mol. The number of hydrogen-bond acceptors (Lipinski definition) is 7. The molecule has 0 unspecified atom stereocenters. The van der Waals surface area contributed by atoms with Crippen LogP contribution in [0.2, 0.25) is 0 Å². The fourth-order valence-corrected chi connectivity index (χ4v) is 5.09. The third-order valence-corrected chi connectivity index (χ3v) is 7.26. The molecule has 3 heterocycles. The topological polar surface area (TPSA) is 123 Å². The third kappa shape index (κ3) is 7.53. The van der Waals surface area contributed by atoms with Gasteiger partial charge in [-0.2, -0.15) is 0 Å². The second-order valence-corrected chi connectivity index (χ2v) is 13.2. The van der Waals surface area contributed by atoms with Crippen LogP contribution in [0.5, 0.6) is 0 Å². The number of aromatic nitrogens is 2. The Bertz CT molecular complexity index is 1760. The summed E-state index contributed by atoms with van der Waals surface area (Å²) < 4.78 is 12.4. The SMILES string of the molecule is CC(C)(C)OC(=O)N1CCN(C(=O)c2ccc(-c3ccc4c(c3)c(C(=O)Nc3ccncc3)cn4C(=O)OC(C)(C)C)cc2)CC1. The molecule has 11 heteroatoms. The molecule has 1 aliphatic heterocycles. The number of carbonyl (C=O) groups excluding carboxylic acids is 4. The average Bonchev–Trinajstić information content (AvgIpc) is 3.39. The van der Waals surface area contributed by atoms with E-state index in [0.29, 0.717) is 53.9 Å². The van der Waals surface area contributed by atoms with E-state index in [0.717, 1.165) is 11.1 Å². The van der Waals surface area contributed by atoms with Gasteiger partial charge < -0.3 is 24.6 Å². The molecule has 5 rings (SSSR count). The van der Waals surface area contributed by atoms with Gasteiger partial charge in [-0.05, 0) is 89.1 Å². The lowest BCUT2D eigenvalue weighted by atomic mass is 10.0. The fraction of sp³-hybridized carbons (Fsp3) is 0.343. The van der Waals surface area contributed by atoms with Crippen molar-refractivity contribution in [3.63, 3.8) is 0 Å². The summed E-state index contributed by atoms with van der Waals surface area (Å²) in [5.74, 6) is -0.501. The first-order valence-electron chi connectivity index (χ1n) is 15.2. The molecule has 2 aromatic heterocycles. The van der Waals surface area contributed by atoms with Gasteiger partial charge in [-0.1, -0.05) is 18.2 Å². The van der Waals surface area contributed by atoms with Crippen molar-refractivity contribution in [3.05, 3.63) is 84.3 Å². The maximum Gasteiger partial charge on any atom is 0.419 e. The zero-order chi connectivity index (χ0) is 33.2. The third-order valence-electron chi connectivity index (χ3n) is 7.26. The minimum absolute atomic E-state index is 0.115. The summed E-state index contributed by atoms with van der Waals surface area (Å²) in [5.41, 5.74) is 2.26. The molecule has 1 aliphatic rings. The Morgan fingerprint density at radius 3 is 1.89 bits per heavy atom. The molecule has 0 saturated carbocycles. The van der Waals surface area contributed by atoms with Crippen molar-refractivity contribution in [2.45, 2.75) is 52.7 Å². The Labute approximate surface area is 268 Å². The quantitative estimate of drug-likeness (QED) is 0.277. The molecular formula is C35H39N5O6. The normalized spacial score (nSPS) is 13.8. The number of amides is 3. The van der Waals surface area contributed by atoms with Gasteiger partial charge in [-0.3, -0.25) is 19.1 Å². The number of piperazine rings is 1. The molecule has 0 atom stereocenters. The van der Waals surface area contributed by atoms with Crippen molar-refractivity contribution in [1.82, 2.24) is 19.4 Å². The molecular weight excluding hydrogens is 586 g/mol. The first-order valence-corrected chi connectivity index (χ1v) is 15.2. The Kier molecular flexibility index (Phi) is 8.87. The van der Waals surface area contributed by atoms with Crippen molar-refractivity contribution < 1.29 is 28.7 Å². The first-order chi connectivity index (χ1) is 21.7. The highest BCUT2D eigenvalue weighted by Crippen LogP contribution is 2.30. The Balaban J connectivity index is 1.37. The Hall–Kier alpha value is -5.19. The second-order valence-electron chi connectivity index (χ2n) is 13.2. The number of nitrogens with zero attached hydrogens (tertiary/aromatic N) is 4. The summed E-state index contributed by atoms with van der Waals surface area (Å²) in [6.45, 7) is 12.5. The average molecular weight is 626 g/mol. The van der Waals surface area contributed by atoms with E-state index in [1.165, 1.54) is 10.8 Å². The highest BCUT2D eigenvalue weighted by molar-refractivity contribution is 6.14. The van der Waals surface area contributed by atoms with Gasteiger partial charge in [0.2, 0.25) is 0 Å². The van der Waals surface area contributed by atoms with Crippen LogP contribution in [0.25, 0.3) is 22.0 Å². The number of fused-ring (bicyclic) bond motifs is 1. The zero-order valence-electron chi connectivity index (χ0n) is 27.0. The van der Waals surface area contributed by atoms with Gasteiger partial charge in [0, 0.05) is 61.4 Å². The molecule has 2 aromatic carbocycles. The van der Waals surface area contributed by atoms with E-state index in [1.807, 2.05) is 45.0 Å². The number of pyridine rings is 1. The number of carbonyl (C=O) groups is 4. The van der Waals surface area contributed by atoms with E-state index < -0.39 is 17.3 Å². The van der Waals surface area contributed by atoms with Crippen LogP contribution in [0.1, 0.15) is 62.3 Å². The fourth-order valence-electron chi connectivity index (χ4n) is 5.09. The largest absolute Gasteiger partial charge is 0.444 e. The summed E-state index contributed by atoms with van der Waals surface area (Å²) in [6, 6.07) is 16.1. The summed E-state index contributed by atoms with van der Waals surface area (Å²) >= 11 is 0. The maximum absolute atomic E-state index is 13.4. The van der Waals surface area contributed by atoms with Crippen LogP contribution in [-0.2, 0) is 9.47 Å². The van der Waals surface area contributed by atoms with Crippen LogP contribution >= 0.6 is 0 Å². The van der Waals surface area contributed by atoms with Gasteiger partial charge in [0.05, 0.1) is 11.1 Å². The number of nitrogens with one attached hydrogen (secondary N) is 1.